The topological polar surface area (TPSA) is 43.4 Å². The molecule has 0 aliphatic carbocycles. The fourth-order valence-electron chi connectivity index (χ4n) is 1.38. The van der Waals surface area contributed by atoms with Gasteiger partial charge in [0.15, 0.2) is 0 Å². The van der Waals surface area contributed by atoms with Crippen LogP contribution in [0.2, 0.25) is 0 Å². The second-order valence-electron chi connectivity index (χ2n) is 3.39. The zero-order valence-electron chi connectivity index (χ0n) is 9.81. The molecule has 0 spiro atoms. The largest absolute Gasteiger partial charge is 0.481 e. The Morgan fingerprint density at radius 2 is 1.71 bits per heavy atom. The summed E-state index contributed by atoms with van der Waals surface area (Å²) in [5, 5.41) is 3.05. The van der Waals surface area contributed by atoms with Crippen LogP contribution in [0.5, 0.6) is 17.5 Å². The molecule has 0 amide bonds. The van der Waals surface area contributed by atoms with Crippen LogP contribution in [0.4, 0.5) is 5.69 Å². The first-order valence-corrected chi connectivity index (χ1v) is 5.28. The molecule has 0 atom stereocenters. The first-order valence-electron chi connectivity index (χ1n) is 5.28. The standard InChI is InChI=1S/C13H14N2O2/c1-14-10-6-8-11(9-7-10)17-13-5-3-4-12(15-13)16-2/h3-9,14H,1-2H3. The molecule has 1 aromatic carbocycles. The van der Waals surface area contributed by atoms with Gasteiger partial charge in [-0.1, -0.05) is 6.07 Å². The van der Waals surface area contributed by atoms with Crippen LogP contribution < -0.4 is 14.8 Å². The molecule has 2 rings (SSSR count). The third-order valence-electron chi connectivity index (χ3n) is 2.27. The number of rotatable bonds is 4. The maximum atomic E-state index is 5.60. The monoisotopic (exact) mass is 230 g/mol. The van der Waals surface area contributed by atoms with Gasteiger partial charge >= 0.3 is 0 Å². The normalized spacial score (nSPS) is 9.76. The van der Waals surface area contributed by atoms with Gasteiger partial charge in [0.2, 0.25) is 11.8 Å². The van der Waals surface area contributed by atoms with Crippen molar-refractivity contribution in [3.8, 4) is 17.5 Å². The van der Waals surface area contributed by atoms with E-state index in [4.69, 9.17) is 9.47 Å². The molecular formula is C13H14N2O2. The zero-order chi connectivity index (χ0) is 12.1. The highest BCUT2D eigenvalue weighted by atomic mass is 16.5. The van der Waals surface area contributed by atoms with Crippen LogP contribution >= 0.6 is 0 Å². The van der Waals surface area contributed by atoms with Crippen molar-refractivity contribution in [2.45, 2.75) is 0 Å². The van der Waals surface area contributed by atoms with E-state index in [1.165, 1.54) is 0 Å². The Hall–Kier alpha value is -2.23. The van der Waals surface area contributed by atoms with E-state index in [9.17, 15) is 0 Å². The van der Waals surface area contributed by atoms with Crippen molar-refractivity contribution in [1.82, 2.24) is 4.98 Å². The highest BCUT2D eigenvalue weighted by Gasteiger charge is 2.00. The first kappa shape index (κ1) is 11.3. The molecule has 4 heteroatoms. The van der Waals surface area contributed by atoms with E-state index in [1.807, 2.05) is 37.4 Å². The molecule has 0 aliphatic heterocycles. The molecule has 0 aliphatic rings. The smallest absolute Gasteiger partial charge is 0.222 e. The summed E-state index contributed by atoms with van der Waals surface area (Å²) < 4.78 is 10.6. The fraction of sp³-hybridized carbons (Fsp3) is 0.154. The third-order valence-corrected chi connectivity index (χ3v) is 2.27. The Morgan fingerprint density at radius 3 is 2.35 bits per heavy atom. The van der Waals surface area contributed by atoms with Gasteiger partial charge in [-0.25, -0.2) is 0 Å². The van der Waals surface area contributed by atoms with Gasteiger partial charge < -0.3 is 14.8 Å². The van der Waals surface area contributed by atoms with Gasteiger partial charge in [0, 0.05) is 24.9 Å². The number of ether oxygens (including phenoxy) is 2. The molecule has 0 saturated heterocycles. The highest BCUT2D eigenvalue weighted by Crippen LogP contribution is 2.22. The summed E-state index contributed by atoms with van der Waals surface area (Å²) in [5.41, 5.74) is 1.04. The Kier molecular flexibility index (Phi) is 3.45. The number of methoxy groups -OCH3 is 1. The van der Waals surface area contributed by atoms with E-state index in [0.29, 0.717) is 11.8 Å². The number of pyridine rings is 1. The van der Waals surface area contributed by atoms with Gasteiger partial charge in [-0.2, -0.15) is 4.98 Å². The van der Waals surface area contributed by atoms with Crippen molar-refractivity contribution in [2.75, 3.05) is 19.5 Å². The van der Waals surface area contributed by atoms with Crippen molar-refractivity contribution in [3.05, 3.63) is 42.5 Å². The number of hydrogen-bond acceptors (Lipinski definition) is 4. The highest BCUT2D eigenvalue weighted by molar-refractivity contribution is 5.46. The lowest BCUT2D eigenvalue weighted by Crippen LogP contribution is -1.92. The Balaban J connectivity index is 2.13. The zero-order valence-corrected chi connectivity index (χ0v) is 9.81. The molecule has 2 aromatic rings. The lowest BCUT2D eigenvalue weighted by atomic mass is 10.3. The van der Waals surface area contributed by atoms with Crippen molar-refractivity contribution in [2.24, 2.45) is 0 Å². The van der Waals surface area contributed by atoms with Gasteiger partial charge in [-0.15, -0.1) is 0 Å². The third kappa shape index (κ3) is 2.87. The molecule has 0 radical (unpaired) electrons. The number of hydrogen-bond donors (Lipinski definition) is 1. The number of benzene rings is 1. The van der Waals surface area contributed by atoms with E-state index in [1.54, 1.807) is 19.2 Å². The molecule has 0 bridgehead atoms. The van der Waals surface area contributed by atoms with E-state index in [0.717, 1.165) is 11.4 Å². The maximum Gasteiger partial charge on any atom is 0.222 e. The summed E-state index contributed by atoms with van der Waals surface area (Å²) in [5.74, 6) is 1.79. The predicted molar refractivity (Wildman–Crippen MR) is 66.9 cm³/mol. The Bertz CT molecular complexity index is 483. The first-order chi connectivity index (χ1) is 8.31. The van der Waals surface area contributed by atoms with Gasteiger partial charge in [0.05, 0.1) is 7.11 Å². The maximum absolute atomic E-state index is 5.60. The summed E-state index contributed by atoms with van der Waals surface area (Å²) in [6.07, 6.45) is 0. The van der Waals surface area contributed by atoms with Crippen LogP contribution in [-0.4, -0.2) is 19.1 Å². The van der Waals surface area contributed by atoms with Gasteiger partial charge in [0.1, 0.15) is 5.75 Å². The number of nitrogens with one attached hydrogen (secondary N) is 1. The van der Waals surface area contributed by atoms with E-state index in [-0.39, 0.29) is 0 Å². The lowest BCUT2D eigenvalue weighted by Gasteiger charge is -2.06. The number of nitrogens with zero attached hydrogens (tertiary/aromatic N) is 1. The molecule has 0 unspecified atom stereocenters. The van der Waals surface area contributed by atoms with Crippen molar-refractivity contribution in [1.29, 1.82) is 0 Å². The summed E-state index contributed by atoms with van der Waals surface area (Å²) >= 11 is 0. The van der Waals surface area contributed by atoms with Crippen LogP contribution in [0.25, 0.3) is 0 Å². The summed E-state index contributed by atoms with van der Waals surface area (Å²) in [7, 11) is 3.45. The minimum absolute atomic E-state index is 0.515. The summed E-state index contributed by atoms with van der Waals surface area (Å²) in [6.45, 7) is 0. The molecule has 0 fully saturated rings. The van der Waals surface area contributed by atoms with Crippen LogP contribution in [0, 0.1) is 0 Å². The minimum atomic E-state index is 0.515. The van der Waals surface area contributed by atoms with Crippen molar-refractivity contribution in [3.63, 3.8) is 0 Å². The summed E-state index contributed by atoms with van der Waals surface area (Å²) in [4.78, 5) is 4.17. The molecular weight excluding hydrogens is 216 g/mol. The molecule has 17 heavy (non-hydrogen) atoms. The molecule has 4 nitrogen and oxygen atoms in total. The van der Waals surface area contributed by atoms with E-state index in [2.05, 4.69) is 10.3 Å². The summed E-state index contributed by atoms with van der Waals surface area (Å²) in [6, 6.07) is 13.0. The molecule has 1 N–H and O–H groups in total. The minimum Gasteiger partial charge on any atom is -0.481 e. The molecule has 0 saturated carbocycles. The van der Waals surface area contributed by atoms with Crippen LogP contribution in [0.1, 0.15) is 0 Å². The van der Waals surface area contributed by atoms with Gasteiger partial charge in [-0.3, -0.25) is 0 Å². The van der Waals surface area contributed by atoms with Gasteiger partial charge in [-0.05, 0) is 24.3 Å². The van der Waals surface area contributed by atoms with Crippen LogP contribution in [0.15, 0.2) is 42.5 Å². The second-order valence-corrected chi connectivity index (χ2v) is 3.39. The second kappa shape index (κ2) is 5.21. The van der Waals surface area contributed by atoms with Crippen LogP contribution in [0.3, 0.4) is 0 Å². The SMILES string of the molecule is CNc1ccc(Oc2cccc(OC)n2)cc1. The quantitative estimate of drug-likeness (QED) is 0.877. The molecule has 1 heterocycles. The Labute approximate surface area is 100 Å². The van der Waals surface area contributed by atoms with E-state index >= 15 is 0 Å². The predicted octanol–water partition coefficient (Wildman–Crippen LogP) is 2.92. The number of aromatic nitrogens is 1. The van der Waals surface area contributed by atoms with Crippen molar-refractivity contribution < 1.29 is 9.47 Å². The van der Waals surface area contributed by atoms with E-state index < -0.39 is 0 Å². The average molecular weight is 230 g/mol. The molecule has 88 valence electrons. The van der Waals surface area contributed by atoms with Gasteiger partial charge in [0.25, 0.3) is 0 Å². The lowest BCUT2D eigenvalue weighted by molar-refractivity contribution is 0.383. The van der Waals surface area contributed by atoms with Crippen molar-refractivity contribution >= 4 is 5.69 Å². The van der Waals surface area contributed by atoms with Crippen LogP contribution in [-0.2, 0) is 0 Å². The fourth-order valence-corrected chi connectivity index (χ4v) is 1.38. The molecule has 1 aromatic heterocycles. The Morgan fingerprint density at radius 1 is 1.00 bits per heavy atom. The number of anilines is 1. The average Bonchev–Trinajstić information content (AvgIpc) is 2.40.